The molecule has 3 atom stereocenters. The largest absolute Gasteiger partial charge is 0.446 e. The third-order valence-electron chi connectivity index (χ3n) is 5.60. The van der Waals surface area contributed by atoms with Gasteiger partial charge in [0.1, 0.15) is 12.2 Å². The van der Waals surface area contributed by atoms with Crippen molar-refractivity contribution in [2.24, 2.45) is 0 Å². The monoisotopic (exact) mass is 501 g/mol. The average Bonchev–Trinajstić information content (AvgIpc) is 3.49. The molecule has 0 aliphatic carbocycles. The highest BCUT2D eigenvalue weighted by Gasteiger charge is 2.36. The smallest absolute Gasteiger partial charge is 0.377 e. The first-order valence-corrected chi connectivity index (χ1v) is 11.8. The maximum Gasteiger partial charge on any atom is 0.446 e. The van der Waals surface area contributed by atoms with Gasteiger partial charge in [-0.3, -0.25) is 4.79 Å². The van der Waals surface area contributed by atoms with E-state index in [4.69, 9.17) is 4.52 Å². The number of alkyl halides is 4. The van der Waals surface area contributed by atoms with Gasteiger partial charge in [0.25, 0.3) is 0 Å². The Bertz CT molecular complexity index is 1200. The van der Waals surface area contributed by atoms with E-state index in [1.807, 2.05) is 11.9 Å². The summed E-state index contributed by atoms with van der Waals surface area (Å²) in [5, 5.41) is 10.2. The Hall–Kier alpha value is -2.38. The lowest BCUT2D eigenvalue weighted by molar-refractivity contribution is -0.119. The molecule has 2 saturated heterocycles. The third-order valence-corrected chi connectivity index (χ3v) is 7.82. The minimum absolute atomic E-state index is 0.0222. The zero-order valence-corrected chi connectivity index (χ0v) is 18.9. The number of benzene rings is 1. The van der Waals surface area contributed by atoms with Gasteiger partial charge in [-0.25, -0.2) is 4.39 Å². The number of hydrogen-bond donors (Lipinski definition) is 2. The van der Waals surface area contributed by atoms with E-state index in [9.17, 15) is 22.4 Å². The van der Waals surface area contributed by atoms with Gasteiger partial charge in [0.15, 0.2) is 0 Å². The third kappa shape index (κ3) is 4.53. The number of amides is 1. The highest BCUT2D eigenvalue weighted by atomic mass is 32.2. The first kappa shape index (κ1) is 22.4. The van der Waals surface area contributed by atoms with E-state index < -0.39 is 23.8 Å². The molecule has 5 rings (SSSR count). The second-order valence-corrected chi connectivity index (χ2v) is 10.2. The number of hydrogen-bond acceptors (Lipinski definition) is 8. The second-order valence-electron chi connectivity index (χ2n) is 8.09. The summed E-state index contributed by atoms with van der Waals surface area (Å²) in [5.41, 5.74) is -3.97. The minimum Gasteiger partial charge on any atom is -0.377 e. The van der Waals surface area contributed by atoms with Crippen molar-refractivity contribution in [1.82, 2.24) is 20.4 Å². The zero-order valence-electron chi connectivity index (χ0n) is 17.3. The van der Waals surface area contributed by atoms with Crippen molar-refractivity contribution in [2.45, 2.75) is 41.5 Å². The fourth-order valence-corrected chi connectivity index (χ4v) is 6.24. The van der Waals surface area contributed by atoms with Crippen LogP contribution in [0.2, 0.25) is 0 Å². The Kier molecular flexibility index (Phi) is 5.73. The van der Waals surface area contributed by atoms with Crippen molar-refractivity contribution in [1.29, 1.82) is 0 Å². The van der Waals surface area contributed by atoms with E-state index in [-0.39, 0.29) is 39.2 Å². The summed E-state index contributed by atoms with van der Waals surface area (Å²) in [7, 11) is 1.82. The van der Waals surface area contributed by atoms with Crippen LogP contribution >= 0.6 is 23.1 Å². The topological polar surface area (TPSA) is 83.3 Å². The van der Waals surface area contributed by atoms with Crippen LogP contribution in [0, 0.1) is 0 Å². The summed E-state index contributed by atoms with van der Waals surface area (Å²) in [6, 6.07) is 4.05. The van der Waals surface area contributed by atoms with Crippen LogP contribution in [0.1, 0.15) is 24.8 Å². The van der Waals surface area contributed by atoms with Gasteiger partial charge in [-0.05, 0) is 31.3 Å². The van der Waals surface area contributed by atoms with Crippen LogP contribution in [0.3, 0.4) is 0 Å². The number of carbonyl (C=O) groups excluding carboxylic acids is 1. The maximum atomic E-state index is 14.4. The van der Waals surface area contributed by atoms with Gasteiger partial charge < -0.3 is 20.1 Å². The summed E-state index contributed by atoms with van der Waals surface area (Å²) in [6.07, 6.45) is -0.290. The predicted molar refractivity (Wildman–Crippen MR) is 117 cm³/mol. The molecule has 0 radical (unpaired) electrons. The van der Waals surface area contributed by atoms with Crippen LogP contribution < -0.4 is 10.6 Å². The van der Waals surface area contributed by atoms with Crippen LogP contribution in [0.15, 0.2) is 27.6 Å². The van der Waals surface area contributed by atoms with Gasteiger partial charge in [0, 0.05) is 29.8 Å². The van der Waals surface area contributed by atoms with E-state index >= 15 is 0 Å². The molecule has 13 heteroatoms. The van der Waals surface area contributed by atoms with E-state index in [2.05, 4.69) is 20.8 Å². The van der Waals surface area contributed by atoms with E-state index in [0.717, 1.165) is 11.3 Å². The fourth-order valence-electron chi connectivity index (χ4n) is 4.13. The maximum absolute atomic E-state index is 14.4. The molecular formula is C20H19F4N5O2S2. The number of nitrogens with zero attached hydrogens (tertiary/aromatic N) is 3. The van der Waals surface area contributed by atoms with Gasteiger partial charge in [-0.2, -0.15) is 18.2 Å². The van der Waals surface area contributed by atoms with Gasteiger partial charge in [-0.1, -0.05) is 17.3 Å². The zero-order chi connectivity index (χ0) is 23.3. The molecule has 0 bridgehead atoms. The van der Waals surface area contributed by atoms with E-state index in [1.54, 1.807) is 18.2 Å². The standard InChI is InChI=1S/C20H19F4N5O2S2/c1-29-7-10(21)13(8-29)25-11-4-2-3-9-15(11)32-17(16(9)33-20(22,23)24)18-27-19(31-28-18)12-5-6-14(30)26-12/h2-4,10,12-13,25H,5-8H2,1H3,(H,26,30)/t10-,12+,13+/m0/s1. The van der Waals surface area contributed by atoms with Crippen molar-refractivity contribution < 1.29 is 26.9 Å². The molecule has 1 aromatic carbocycles. The molecule has 2 fully saturated rings. The average molecular weight is 502 g/mol. The number of thioether (sulfide) groups is 1. The number of likely N-dealkylation sites (N-methyl/N-ethyl adjacent to an activating group) is 1. The molecule has 7 nitrogen and oxygen atoms in total. The molecule has 176 valence electrons. The Morgan fingerprint density at radius 1 is 1.33 bits per heavy atom. The minimum atomic E-state index is -4.53. The van der Waals surface area contributed by atoms with Gasteiger partial charge >= 0.3 is 5.51 Å². The summed E-state index contributed by atoms with van der Waals surface area (Å²) in [5.74, 6) is 0.0345. The molecule has 3 aromatic rings. The lowest BCUT2D eigenvalue weighted by Crippen LogP contribution is -2.29. The molecule has 2 N–H and O–H groups in total. The van der Waals surface area contributed by atoms with E-state index in [0.29, 0.717) is 41.7 Å². The molecule has 0 unspecified atom stereocenters. The van der Waals surface area contributed by atoms with E-state index in [1.165, 1.54) is 0 Å². The first-order chi connectivity index (χ1) is 15.7. The molecular weight excluding hydrogens is 482 g/mol. The molecule has 1 amide bonds. The highest BCUT2D eigenvalue weighted by molar-refractivity contribution is 8.00. The van der Waals surface area contributed by atoms with Gasteiger partial charge in [-0.15, -0.1) is 11.3 Å². The molecule has 0 saturated carbocycles. The summed E-state index contributed by atoms with van der Waals surface area (Å²) in [4.78, 5) is 17.8. The molecule has 0 spiro atoms. The van der Waals surface area contributed by atoms with Gasteiger partial charge in [0.05, 0.1) is 21.3 Å². The fraction of sp³-hybridized carbons (Fsp3) is 0.450. The Labute approximate surface area is 193 Å². The SMILES string of the molecule is CN1C[C@H](F)[C@H](Nc2cccc3c(SC(F)(F)F)c(-c4noc([C@H]5CCC(=O)N5)n4)sc23)C1. The summed E-state index contributed by atoms with van der Waals surface area (Å²) in [6.45, 7) is 0.781. The van der Waals surface area contributed by atoms with Crippen molar-refractivity contribution in [3.8, 4) is 10.7 Å². The molecule has 2 aromatic heterocycles. The van der Waals surface area contributed by atoms with Crippen molar-refractivity contribution in [2.75, 3.05) is 25.5 Å². The molecule has 33 heavy (non-hydrogen) atoms. The van der Waals surface area contributed by atoms with Crippen LogP contribution in [-0.2, 0) is 4.79 Å². The number of rotatable bonds is 5. The number of nitrogens with one attached hydrogen (secondary N) is 2. The lowest BCUT2D eigenvalue weighted by Gasteiger charge is -2.16. The van der Waals surface area contributed by atoms with Crippen LogP contribution in [-0.4, -0.2) is 58.8 Å². The number of likely N-dealkylation sites (tertiary alicyclic amines) is 1. The number of aromatic nitrogens is 2. The molecule has 2 aliphatic heterocycles. The highest BCUT2D eigenvalue weighted by Crippen LogP contribution is 2.50. The number of anilines is 1. The number of carbonyl (C=O) groups is 1. The van der Waals surface area contributed by atoms with Crippen LogP contribution in [0.25, 0.3) is 20.8 Å². The van der Waals surface area contributed by atoms with Crippen molar-refractivity contribution in [3.05, 3.63) is 24.1 Å². The van der Waals surface area contributed by atoms with Crippen LogP contribution in [0.5, 0.6) is 0 Å². The quantitative estimate of drug-likeness (QED) is 0.391. The summed E-state index contributed by atoms with van der Waals surface area (Å²) >= 11 is 0.856. The summed E-state index contributed by atoms with van der Waals surface area (Å²) < 4.78 is 60.5. The van der Waals surface area contributed by atoms with Crippen molar-refractivity contribution in [3.63, 3.8) is 0 Å². The number of fused-ring (bicyclic) bond motifs is 1. The Morgan fingerprint density at radius 2 is 2.15 bits per heavy atom. The van der Waals surface area contributed by atoms with Crippen molar-refractivity contribution >= 4 is 44.8 Å². The number of thiophene rings is 1. The normalized spacial score (nSPS) is 24.0. The lowest BCUT2D eigenvalue weighted by atomic mass is 10.2. The molecule has 2 aliphatic rings. The van der Waals surface area contributed by atoms with Crippen LogP contribution in [0.4, 0.5) is 23.2 Å². The van der Waals surface area contributed by atoms with Gasteiger partial charge in [0.2, 0.25) is 17.6 Å². The molecule has 4 heterocycles. The second kappa shape index (κ2) is 8.44. The number of halogens is 4. The predicted octanol–water partition coefficient (Wildman–Crippen LogP) is 4.58. The Balaban J connectivity index is 1.55. The Morgan fingerprint density at radius 3 is 2.82 bits per heavy atom. The first-order valence-electron chi connectivity index (χ1n) is 10.2.